The van der Waals surface area contributed by atoms with E-state index in [1.54, 1.807) is 12.0 Å². The molecule has 158 valence electrons. The van der Waals surface area contributed by atoms with Crippen molar-refractivity contribution in [2.45, 2.75) is 26.3 Å². The molecule has 0 aliphatic carbocycles. The van der Waals surface area contributed by atoms with Crippen LogP contribution in [-0.4, -0.2) is 25.5 Å². The van der Waals surface area contributed by atoms with E-state index in [-0.39, 0.29) is 11.8 Å². The third-order valence-electron chi connectivity index (χ3n) is 5.64. The summed E-state index contributed by atoms with van der Waals surface area (Å²) in [6, 6.07) is 23.1. The van der Waals surface area contributed by atoms with Gasteiger partial charge in [-0.2, -0.15) is 0 Å². The monoisotopic (exact) mass is 414 g/mol. The van der Waals surface area contributed by atoms with Crippen molar-refractivity contribution in [3.8, 4) is 5.75 Å². The van der Waals surface area contributed by atoms with E-state index in [0.717, 1.165) is 34.7 Å². The highest BCUT2D eigenvalue weighted by Crippen LogP contribution is 2.31. The number of methoxy groups -OCH3 is 1. The number of fused-ring (bicyclic) bond motifs is 1. The Labute approximate surface area is 182 Å². The van der Waals surface area contributed by atoms with Crippen molar-refractivity contribution < 1.29 is 14.3 Å². The summed E-state index contributed by atoms with van der Waals surface area (Å²) in [7, 11) is 1.62. The van der Waals surface area contributed by atoms with Crippen LogP contribution in [-0.2, 0) is 17.8 Å². The molecule has 0 saturated heterocycles. The maximum absolute atomic E-state index is 13.6. The van der Waals surface area contributed by atoms with Gasteiger partial charge in [0, 0.05) is 29.9 Å². The van der Waals surface area contributed by atoms with E-state index in [2.05, 4.69) is 0 Å². The molecule has 1 aliphatic heterocycles. The van der Waals surface area contributed by atoms with Gasteiger partial charge >= 0.3 is 0 Å². The summed E-state index contributed by atoms with van der Waals surface area (Å²) >= 11 is 0. The van der Waals surface area contributed by atoms with Gasteiger partial charge in [-0.3, -0.25) is 9.59 Å². The summed E-state index contributed by atoms with van der Waals surface area (Å²) in [6.07, 6.45) is 1.24. The Morgan fingerprint density at radius 1 is 1.00 bits per heavy atom. The van der Waals surface area contributed by atoms with Gasteiger partial charge in [-0.15, -0.1) is 0 Å². The average Bonchev–Trinajstić information content (AvgIpc) is 3.25. The Bertz CT molecular complexity index is 1080. The minimum absolute atomic E-state index is 0.0721. The molecule has 4 rings (SSSR count). The second kappa shape index (κ2) is 9.04. The van der Waals surface area contributed by atoms with Gasteiger partial charge in [-0.05, 0) is 60.0 Å². The number of amides is 2. The topological polar surface area (TPSA) is 49.9 Å². The van der Waals surface area contributed by atoms with E-state index in [1.165, 1.54) is 0 Å². The van der Waals surface area contributed by atoms with Crippen LogP contribution in [0.1, 0.15) is 34.8 Å². The number of benzene rings is 3. The first-order valence-electron chi connectivity index (χ1n) is 10.5. The van der Waals surface area contributed by atoms with Gasteiger partial charge in [0.15, 0.2) is 0 Å². The molecule has 5 heteroatoms. The smallest absolute Gasteiger partial charge is 0.258 e. The number of anilines is 2. The largest absolute Gasteiger partial charge is 0.497 e. The number of carbonyl (C=O) groups is 2. The van der Waals surface area contributed by atoms with E-state index in [4.69, 9.17) is 4.74 Å². The fourth-order valence-electron chi connectivity index (χ4n) is 3.95. The SMILES string of the molecule is CCC(=O)N1CCc2cc(C(=O)N(Cc3ccccc3)c3ccc(OC)cc3)ccc21. The molecular formula is C26H26N2O3. The zero-order chi connectivity index (χ0) is 21.8. The standard InChI is InChI=1S/C26H26N2O3/c1-3-25(29)27-16-15-20-17-21(9-14-24(20)27)26(30)28(18-19-7-5-4-6-8-19)22-10-12-23(31-2)13-11-22/h4-14,17H,3,15-16,18H2,1-2H3. The van der Waals surface area contributed by atoms with E-state index in [1.807, 2.05) is 84.6 Å². The normalized spacial score (nSPS) is 12.4. The van der Waals surface area contributed by atoms with Gasteiger partial charge < -0.3 is 14.5 Å². The predicted octanol–water partition coefficient (Wildman–Crippen LogP) is 4.84. The van der Waals surface area contributed by atoms with Crippen LogP contribution in [0.4, 0.5) is 11.4 Å². The Kier molecular flexibility index (Phi) is 6.03. The molecule has 0 bridgehead atoms. The van der Waals surface area contributed by atoms with Gasteiger partial charge in [0.1, 0.15) is 5.75 Å². The summed E-state index contributed by atoms with van der Waals surface area (Å²) in [5, 5.41) is 0. The molecule has 0 unspecified atom stereocenters. The lowest BCUT2D eigenvalue weighted by molar-refractivity contribution is -0.118. The number of rotatable bonds is 6. The van der Waals surface area contributed by atoms with Crippen molar-refractivity contribution in [1.82, 2.24) is 0 Å². The van der Waals surface area contributed by atoms with Crippen molar-refractivity contribution in [3.05, 3.63) is 89.5 Å². The number of hydrogen-bond donors (Lipinski definition) is 0. The van der Waals surface area contributed by atoms with Gasteiger partial charge in [-0.25, -0.2) is 0 Å². The summed E-state index contributed by atoms with van der Waals surface area (Å²) in [5.41, 5.74) is 4.44. The molecule has 3 aromatic carbocycles. The number of carbonyl (C=O) groups excluding carboxylic acids is 2. The van der Waals surface area contributed by atoms with Crippen molar-refractivity contribution >= 4 is 23.2 Å². The third kappa shape index (κ3) is 4.31. The molecular weight excluding hydrogens is 388 g/mol. The second-order valence-electron chi connectivity index (χ2n) is 7.57. The fourth-order valence-corrected chi connectivity index (χ4v) is 3.95. The van der Waals surface area contributed by atoms with Crippen molar-refractivity contribution in [2.75, 3.05) is 23.5 Å². The molecule has 0 aromatic heterocycles. The Morgan fingerprint density at radius 3 is 2.42 bits per heavy atom. The minimum Gasteiger partial charge on any atom is -0.497 e. The van der Waals surface area contributed by atoms with Crippen LogP contribution in [0.5, 0.6) is 5.75 Å². The Balaban J connectivity index is 1.66. The molecule has 0 fully saturated rings. The molecule has 2 amide bonds. The first kappa shape index (κ1) is 20.7. The molecule has 0 atom stereocenters. The summed E-state index contributed by atoms with van der Waals surface area (Å²) in [6.45, 7) is 3.00. The molecule has 0 radical (unpaired) electrons. The van der Waals surface area contributed by atoms with Gasteiger partial charge in [-0.1, -0.05) is 37.3 Å². The van der Waals surface area contributed by atoms with Crippen LogP contribution in [0.15, 0.2) is 72.8 Å². The van der Waals surface area contributed by atoms with E-state index in [9.17, 15) is 9.59 Å². The third-order valence-corrected chi connectivity index (χ3v) is 5.64. The maximum atomic E-state index is 13.6. The van der Waals surface area contributed by atoms with Crippen molar-refractivity contribution in [2.24, 2.45) is 0 Å². The summed E-state index contributed by atoms with van der Waals surface area (Å²) in [5.74, 6) is 0.785. The number of hydrogen-bond acceptors (Lipinski definition) is 3. The molecule has 0 saturated carbocycles. The van der Waals surface area contributed by atoms with Crippen LogP contribution >= 0.6 is 0 Å². The zero-order valence-electron chi connectivity index (χ0n) is 17.9. The van der Waals surface area contributed by atoms with Crippen LogP contribution in [0.3, 0.4) is 0 Å². The molecule has 3 aromatic rings. The van der Waals surface area contributed by atoms with Gasteiger partial charge in [0.2, 0.25) is 5.91 Å². The second-order valence-corrected chi connectivity index (χ2v) is 7.57. The van der Waals surface area contributed by atoms with E-state index in [0.29, 0.717) is 25.1 Å². The number of nitrogens with zero attached hydrogens (tertiary/aromatic N) is 2. The molecule has 0 spiro atoms. The van der Waals surface area contributed by atoms with Crippen LogP contribution in [0.2, 0.25) is 0 Å². The highest BCUT2D eigenvalue weighted by Gasteiger charge is 2.26. The summed E-state index contributed by atoms with van der Waals surface area (Å²) in [4.78, 5) is 29.4. The van der Waals surface area contributed by atoms with Gasteiger partial charge in [0.25, 0.3) is 5.91 Å². The highest BCUT2D eigenvalue weighted by molar-refractivity contribution is 6.07. The first-order valence-corrected chi connectivity index (χ1v) is 10.5. The van der Waals surface area contributed by atoms with Crippen molar-refractivity contribution in [3.63, 3.8) is 0 Å². The quantitative estimate of drug-likeness (QED) is 0.580. The van der Waals surface area contributed by atoms with Crippen molar-refractivity contribution in [1.29, 1.82) is 0 Å². The zero-order valence-corrected chi connectivity index (χ0v) is 17.9. The summed E-state index contributed by atoms with van der Waals surface area (Å²) < 4.78 is 5.27. The Morgan fingerprint density at radius 2 is 1.74 bits per heavy atom. The van der Waals surface area contributed by atoms with Crippen LogP contribution in [0.25, 0.3) is 0 Å². The molecule has 5 nitrogen and oxygen atoms in total. The van der Waals surface area contributed by atoms with E-state index >= 15 is 0 Å². The number of ether oxygens (including phenoxy) is 1. The minimum atomic E-state index is -0.0721. The average molecular weight is 415 g/mol. The first-order chi connectivity index (χ1) is 15.1. The predicted molar refractivity (Wildman–Crippen MR) is 123 cm³/mol. The van der Waals surface area contributed by atoms with E-state index < -0.39 is 0 Å². The lowest BCUT2D eigenvalue weighted by Crippen LogP contribution is -2.30. The van der Waals surface area contributed by atoms with Crippen LogP contribution < -0.4 is 14.5 Å². The maximum Gasteiger partial charge on any atom is 0.258 e. The fraction of sp³-hybridized carbons (Fsp3) is 0.231. The lowest BCUT2D eigenvalue weighted by atomic mass is 10.1. The Hall–Kier alpha value is -3.60. The molecule has 1 heterocycles. The van der Waals surface area contributed by atoms with Gasteiger partial charge in [0.05, 0.1) is 13.7 Å². The molecule has 0 N–H and O–H groups in total. The van der Waals surface area contributed by atoms with Crippen LogP contribution in [0, 0.1) is 0 Å². The molecule has 1 aliphatic rings. The molecule has 31 heavy (non-hydrogen) atoms. The highest BCUT2D eigenvalue weighted by atomic mass is 16.5. The lowest BCUT2D eigenvalue weighted by Gasteiger charge is -2.24.